The average Bonchev–Trinajstić information content (AvgIpc) is 2.93. The summed E-state index contributed by atoms with van der Waals surface area (Å²) in [4.78, 5) is 16.6. The van der Waals surface area contributed by atoms with Crippen LogP contribution in [0.15, 0.2) is 46.3 Å². The highest BCUT2D eigenvalue weighted by molar-refractivity contribution is 7.90. The van der Waals surface area contributed by atoms with E-state index < -0.39 is 9.84 Å². The molecule has 0 radical (unpaired) electrons. The minimum Gasteiger partial charge on any atom is -0.465 e. The maximum Gasteiger partial charge on any atom is 0.337 e. The lowest BCUT2D eigenvalue weighted by Gasteiger charge is -2.06. The average molecular weight is 357 g/mol. The van der Waals surface area contributed by atoms with E-state index in [2.05, 4.69) is 4.99 Å². The fraction of sp³-hybridized carbons (Fsp3) is 0.263. The number of benzene rings is 2. The van der Waals surface area contributed by atoms with Gasteiger partial charge in [-0.15, -0.1) is 0 Å². The van der Waals surface area contributed by atoms with Crippen LogP contribution in [-0.4, -0.2) is 33.5 Å². The lowest BCUT2D eigenvalue weighted by molar-refractivity contribution is 0.0600. The summed E-state index contributed by atoms with van der Waals surface area (Å²) in [5.74, 6) is -0.369. The fourth-order valence-corrected chi connectivity index (χ4v) is 4.05. The van der Waals surface area contributed by atoms with Crippen molar-refractivity contribution in [3.63, 3.8) is 0 Å². The maximum atomic E-state index is 11.9. The first kappa shape index (κ1) is 17.4. The summed E-state index contributed by atoms with van der Waals surface area (Å²) < 4.78 is 28.5. The third-order valence-electron chi connectivity index (χ3n) is 4.21. The topological polar surface area (TPSA) is 72.8 Å². The van der Waals surface area contributed by atoms with Crippen molar-refractivity contribution in [3.05, 3.63) is 58.7 Å². The molecule has 3 rings (SSSR count). The Morgan fingerprint density at radius 3 is 2.68 bits per heavy atom. The fourth-order valence-electron chi connectivity index (χ4n) is 3.05. The van der Waals surface area contributed by atoms with E-state index in [1.165, 1.54) is 13.4 Å². The molecule has 2 aromatic rings. The van der Waals surface area contributed by atoms with Gasteiger partial charge in [-0.3, -0.25) is 4.99 Å². The Balaban J connectivity index is 1.85. The summed E-state index contributed by atoms with van der Waals surface area (Å²) in [7, 11) is -1.90. The number of carbonyl (C=O) groups excluding carboxylic acids is 1. The number of aryl methyl sites for hydroxylation is 1. The van der Waals surface area contributed by atoms with E-state index in [-0.39, 0.29) is 5.97 Å². The molecule has 0 bridgehead atoms. The molecular formula is C19H19NO4S. The molecule has 5 nitrogen and oxygen atoms in total. The van der Waals surface area contributed by atoms with Crippen molar-refractivity contribution in [2.45, 2.75) is 24.7 Å². The van der Waals surface area contributed by atoms with E-state index in [9.17, 15) is 13.2 Å². The molecule has 0 amide bonds. The van der Waals surface area contributed by atoms with Crippen LogP contribution in [0.25, 0.3) is 0 Å². The molecule has 1 aliphatic heterocycles. The summed E-state index contributed by atoms with van der Waals surface area (Å²) >= 11 is 0. The van der Waals surface area contributed by atoms with E-state index >= 15 is 0 Å². The molecule has 0 unspecified atom stereocenters. The second-order valence-corrected chi connectivity index (χ2v) is 8.23. The van der Waals surface area contributed by atoms with Crippen LogP contribution >= 0.6 is 0 Å². The molecule has 0 aliphatic carbocycles. The lowest BCUT2D eigenvalue weighted by atomic mass is 10.0. The van der Waals surface area contributed by atoms with Crippen LogP contribution in [0, 0.1) is 6.92 Å². The molecule has 25 heavy (non-hydrogen) atoms. The Morgan fingerprint density at radius 2 is 2.00 bits per heavy atom. The SMILES string of the molecule is COC(=O)c1cccc(CC2=Nc3cc(C)c(S(C)(=O)=O)cc3C2)c1. The van der Waals surface area contributed by atoms with Gasteiger partial charge in [-0.05, 0) is 47.9 Å². The molecule has 0 saturated heterocycles. The van der Waals surface area contributed by atoms with Gasteiger partial charge in [0.05, 0.1) is 23.3 Å². The highest BCUT2D eigenvalue weighted by atomic mass is 32.2. The number of sulfone groups is 1. The molecule has 6 heteroatoms. The number of aliphatic imine (C=N–C) groups is 1. The molecule has 0 saturated carbocycles. The van der Waals surface area contributed by atoms with Gasteiger partial charge < -0.3 is 4.74 Å². The quantitative estimate of drug-likeness (QED) is 0.789. The lowest BCUT2D eigenvalue weighted by Crippen LogP contribution is -2.06. The predicted molar refractivity (Wildman–Crippen MR) is 96.6 cm³/mol. The number of carbonyl (C=O) groups is 1. The minimum atomic E-state index is -3.25. The highest BCUT2D eigenvalue weighted by Crippen LogP contribution is 2.32. The monoisotopic (exact) mass is 357 g/mol. The van der Waals surface area contributed by atoms with Gasteiger partial charge in [0.2, 0.25) is 0 Å². The van der Waals surface area contributed by atoms with Crippen LogP contribution in [0.5, 0.6) is 0 Å². The third-order valence-corrected chi connectivity index (χ3v) is 5.44. The number of methoxy groups -OCH3 is 1. The first-order valence-corrected chi connectivity index (χ1v) is 9.74. The molecule has 0 spiro atoms. The third kappa shape index (κ3) is 3.64. The van der Waals surface area contributed by atoms with Crippen molar-refractivity contribution in [1.29, 1.82) is 0 Å². The molecule has 130 valence electrons. The Morgan fingerprint density at radius 1 is 1.24 bits per heavy atom. The van der Waals surface area contributed by atoms with Gasteiger partial charge >= 0.3 is 5.97 Å². The van der Waals surface area contributed by atoms with Crippen molar-refractivity contribution in [3.8, 4) is 0 Å². The van der Waals surface area contributed by atoms with Crippen molar-refractivity contribution in [1.82, 2.24) is 0 Å². The summed E-state index contributed by atoms with van der Waals surface area (Å²) in [5, 5.41) is 0. The van der Waals surface area contributed by atoms with Gasteiger partial charge in [0.15, 0.2) is 9.84 Å². The normalized spacial score (nSPS) is 13.3. The zero-order valence-electron chi connectivity index (χ0n) is 14.4. The zero-order chi connectivity index (χ0) is 18.2. The summed E-state index contributed by atoms with van der Waals surface area (Å²) in [6.45, 7) is 1.78. The smallest absolute Gasteiger partial charge is 0.337 e. The van der Waals surface area contributed by atoms with E-state index in [4.69, 9.17) is 4.74 Å². The van der Waals surface area contributed by atoms with Gasteiger partial charge in [0.1, 0.15) is 0 Å². The molecule has 2 aromatic carbocycles. The van der Waals surface area contributed by atoms with Crippen molar-refractivity contribution < 1.29 is 17.9 Å². The van der Waals surface area contributed by atoms with Crippen LogP contribution in [0.2, 0.25) is 0 Å². The predicted octanol–water partition coefficient (Wildman–Crippen LogP) is 3.06. The van der Waals surface area contributed by atoms with Gasteiger partial charge in [-0.2, -0.15) is 0 Å². The molecule has 0 N–H and O–H groups in total. The highest BCUT2D eigenvalue weighted by Gasteiger charge is 2.20. The van der Waals surface area contributed by atoms with Crippen LogP contribution in [0.1, 0.15) is 27.0 Å². The molecule has 0 atom stereocenters. The molecule has 1 heterocycles. The number of fused-ring (bicyclic) bond motifs is 1. The number of nitrogens with zero attached hydrogens (tertiary/aromatic N) is 1. The van der Waals surface area contributed by atoms with Crippen LogP contribution in [-0.2, 0) is 27.4 Å². The van der Waals surface area contributed by atoms with Gasteiger partial charge in [-0.25, -0.2) is 13.2 Å². The van der Waals surface area contributed by atoms with Crippen LogP contribution in [0.3, 0.4) is 0 Å². The second-order valence-electron chi connectivity index (χ2n) is 6.24. The second kappa shape index (κ2) is 6.44. The molecule has 0 aromatic heterocycles. The van der Waals surface area contributed by atoms with E-state index in [0.717, 1.165) is 22.5 Å². The van der Waals surface area contributed by atoms with Gasteiger partial charge in [0.25, 0.3) is 0 Å². The Hall–Kier alpha value is -2.47. The minimum absolute atomic E-state index is 0.357. The van der Waals surface area contributed by atoms with E-state index in [1.54, 1.807) is 25.1 Å². The van der Waals surface area contributed by atoms with E-state index in [1.807, 2.05) is 18.2 Å². The molecule has 0 fully saturated rings. The first-order chi connectivity index (χ1) is 11.8. The van der Waals surface area contributed by atoms with Crippen molar-refractivity contribution >= 4 is 27.2 Å². The van der Waals surface area contributed by atoms with E-state index in [0.29, 0.717) is 28.9 Å². The molecular weight excluding hydrogens is 338 g/mol. The number of rotatable bonds is 4. The van der Waals surface area contributed by atoms with Gasteiger partial charge in [-0.1, -0.05) is 12.1 Å². The number of ether oxygens (including phenoxy) is 1. The Kier molecular flexibility index (Phi) is 4.47. The van der Waals surface area contributed by atoms with Crippen molar-refractivity contribution in [2.24, 2.45) is 4.99 Å². The standard InChI is InChI=1S/C19H19NO4S/c1-12-7-17-15(11-18(12)25(3,22)23)10-16(20-17)9-13-5-4-6-14(8-13)19(21)24-2/h4-8,11H,9-10H2,1-3H3. The summed E-state index contributed by atoms with van der Waals surface area (Å²) in [6, 6.07) is 10.8. The molecule has 1 aliphatic rings. The number of hydrogen-bond acceptors (Lipinski definition) is 5. The Bertz CT molecular complexity index is 990. The number of hydrogen-bond donors (Lipinski definition) is 0. The largest absolute Gasteiger partial charge is 0.465 e. The first-order valence-electron chi connectivity index (χ1n) is 7.85. The zero-order valence-corrected chi connectivity index (χ0v) is 15.2. The number of esters is 1. The maximum absolute atomic E-state index is 11.9. The van der Waals surface area contributed by atoms with Crippen LogP contribution in [0.4, 0.5) is 5.69 Å². The summed E-state index contributed by atoms with van der Waals surface area (Å²) in [5.41, 5.74) is 4.87. The van der Waals surface area contributed by atoms with Crippen LogP contribution < -0.4 is 0 Å². The summed E-state index contributed by atoms with van der Waals surface area (Å²) in [6.07, 6.45) is 2.43. The van der Waals surface area contributed by atoms with Gasteiger partial charge in [0, 0.05) is 24.8 Å². The van der Waals surface area contributed by atoms with Crippen molar-refractivity contribution in [2.75, 3.05) is 13.4 Å². The Labute approximate surface area is 147 Å².